The largest absolute Gasteiger partial charge is 0.382 e. The van der Waals surface area contributed by atoms with Crippen LogP contribution in [-0.2, 0) is 14.3 Å². The van der Waals surface area contributed by atoms with Gasteiger partial charge in [0.25, 0.3) is 0 Å². The maximum Gasteiger partial charge on any atom is 0.220 e. The summed E-state index contributed by atoms with van der Waals surface area (Å²) >= 11 is 4.36. The second-order valence-electron chi connectivity index (χ2n) is 4.27. The van der Waals surface area contributed by atoms with Crippen LogP contribution >= 0.6 is 12.6 Å². The number of hydrogen-bond donors (Lipinski definition) is 2. The van der Waals surface area contributed by atoms with Crippen molar-refractivity contribution in [2.24, 2.45) is 0 Å². The van der Waals surface area contributed by atoms with Crippen LogP contribution in [0.15, 0.2) is 0 Å². The van der Waals surface area contributed by atoms with Crippen LogP contribution in [0.5, 0.6) is 0 Å². The van der Waals surface area contributed by atoms with E-state index in [1.807, 2.05) is 13.8 Å². The van der Waals surface area contributed by atoms with Crippen LogP contribution in [0, 0.1) is 0 Å². The van der Waals surface area contributed by atoms with Crippen LogP contribution in [0.1, 0.15) is 26.7 Å². The van der Waals surface area contributed by atoms with E-state index in [9.17, 15) is 4.79 Å². The molecule has 0 fully saturated rings. The summed E-state index contributed by atoms with van der Waals surface area (Å²) in [7, 11) is 1.63. The lowest BCUT2D eigenvalue weighted by molar-refractivity contribution is -0.121. The summed E-state index contributed by atoms with van der Waals surface area (Å²) < 4.78 is 9.95. The predicted molar refractivity (Wildman–Crippen MR) is 68.0 cm³/mol. The molecule has 5 heteroatoms. The lowest BCUT2D eigenvalue weighted by Gasteiger charge is -2.16. The minimum atomic E-state index is -0.0910. The number of methoxy groups -OCH3 is 1. The van der Waals surface area contributed by atoms with Gasteiger partial charge in [-0.25, -0.2) is 0 Å². The minimum absolute atomic E-state index is 0.0532. The summed E-state index contributed by atoms with van der Waals surface area (Å²) in [5.74, 6) is 0.0532. The van der Waals surface area contributed by atoms with E-state index in [0.29, 0.717) is 32.8 Å². The molecule has 0 bridgehead atoms. The second-order valence-corrected chi connectivity index (χ2v) is 5.48. The number of hydrogen-bond acceptors (Lipinski definition) is 4. The van der Waals surface area contributed by atoms with E-state index >= 15 is 0 Å². The van der Waals surface area contributed by atoms with E-state index < -0.39 is 0 Å². The lowest BCUT2D eigenvalue weighted by Crippen LogP contribution is -2.28. The van der Waals surface area contributed by atoms with Gasteiger partial charge in [0, 0.05) is 24.8 Å². The van der Waals surface area contributed by atoms with Crippen molar-refractivity contribution in [3.8, 4) is 0 Å². The third-order valence-corrected chi connectivity index (χ3v) is 2.19. The zero-order valence-electron chi connectivity index (χ0n) is 10.4. The summed E-state index contributed by atoms with van der Waals surface area (Å²) in [5.41, 5.74) is 0. The molecule has 1 amide bonds. The molecular weight excluding hydrogens is 226 g/mol. The number of amides is 1. The SMILES string of the molecule is COCCOCCNC(=O)CCC(C)(C)S. The summed E-state index contributed by atoms with van der Waals surface area (Å²) in [6.45, 7) is 6.22. The van der Waals surface area contributed by atoms with Crippen molar-refractivity contribution >= 4 is 18.5 Å². The lowest BCUT2D eigenvalue weighted by atomic mass is 10.1. The van der Waals surface area contributed by atoms with Gasteiger partial charge in [-0.3, -0.25) is 4.79 Å². The molecule has 0 unspecified atom stereocenters. The van der Waals surface area contributed by atoms with Gasteiger partial charge in [-0.2, -0.15) is 12.6 Å². The van der Waals surface area contributed by atoms with Crippen molar-refractivity contribution < 1.29 is 14.3 Å². The Bertz CT molecular complexity index is 192. The molecule has 0 atom stereocenters. The molecule has 16 heavy (non-hydrogen) atoms. The first-order chi connectivity index (χ1) is 7.45. The zero-order valence-corrected chi connectivity index (χ0v) is 11.3. The molecule has 4 nitrogen and oxygen atoms in total. The number of carbonyl (C=O) groups excluding carboxylic acids is 1. The fraction of sp³-hybridized carbons (Fsp3) is 0.909. The standard InChI is InChI=1S/C11H23NO3S/c1-11(2,16)5-4-10(13)12-6-7-15-9-8-14-3/h16H,4-9H2,1-3H3,(H,12,13). The van der Waals surface area contributed by atoms with Crippen molar-refractivity contribution in [2.45, 2.75) is 31.4 Å². The van der Waals surface area contributed by atoms with Crippen molar-refractivity contribution in [2.75, 3.05) is 33.5 Å². The van der Waals surface area contributed by atoms with Gasteiger partial charge >= 0.3 is 0 Å². The van der Waals surface area contributed by atoms with E-state index in [2.05, 4.69) is 17.9 Å². The first-order valence-electron chi connectivity index (χ1n) is 5.51. The Labute approximate surface area is 103 Å². The molecule has 1 N–H and O–H groups in total. The van der Waals surface area contributed by atoms with Crippen LogP contribution in [0.25, 0.3) is 0 Å². The van der Waals surface area contributed by atoms with Crippen LogP contribution < -0.4 is 5.32 Å². The Hall–Kier alpha value is -0.260. The van der Waals surface area contributed by atoms with Crippen molar-refractivity contribution in [1.29, 1.82) is 0 Å². The van der Waals surface area contributed by atoms with Crippen molar-refractivity contribution in [3.05, 3.63) is 0 Å². The zero-order chi connectivity index (χ0) is 12.4. The second kappa shape index (κ2) is 8.84. The number of carbonyl (C=O) groups is 1. The Morgan fingerprint density at radius 1 is 1.31 bits per heavy atom. The van der Waals surface area contributed by atoms with Gasteiger partial charge in [-0.05, 0) is 6.42 Å². The molecule has 0 aliphatic carbocycles. The monoisotopic (exact) mass is 249 g/mol. The minimum Gasteiger partial charge on any atom is -0.382 e. The van der Waals surface area contributed by atoms with E-state index in [1.165, 1.54) is 0 Å². The molecule has 0 saturated carbocycles. The smallest absolute Gasteiger partial charge is 0.220 e. The normalized spacial score (nSPS) is 11.5. The number of ether oxygens (including phenoxy) is 2. The quantitative estimate of drug-likeness (QED) is 0.478. The van der Waals surface area contributed by atoms with Gasteiger partial charge in [-0.1, -0.05) is 13.8 Å². The number of rotatable bonds is 9. The number of thiol groups is 1. The predicted octanol–water partition coefficient (Wildman–Crippen LogP) is 1.25. The van der Waals surface area contributed by atoms with Crippen LogP contribution in [0.3, 0.4) is 0 Å². The molecule has 0 aliphatic rings. The van der Waals surface area contributed by atoms with Crippen LogP contribution in [-0.4, -0.2) is 44.1 Å². The van der Waals surface area contributed by atoms with Gasteiger partial charge in [0.1, 0.15) is 0 Å². The molecule has 0 aliphatic heterocycles. The number of nitrogens with one attached hydrogen (secondary N) is 1. The summed E-state index contributed by atoms with van der Waals surface area (Å²) in [4.78, 5) is 11.4. The van der Waals surface area contributed by atoms with Crippen LogP contribution in [0.4, 0.5) is 0 Å². The highest BCUT2D eigenvalue weighted by molar-refractivity contribution is 7.81. The molecule has 0 heterocycles. The van der Waals surface area contributed by atoms with E-state index in [0.717, 1.165) is 6.42 Å². The molecule has 0 aromatic carbocycles. The maximum absolute atomic E-state index is 11.4. The van der Waals surface area contributed by atoms with Crippen LogP contribution in [0.2, 0.25) is 0 Å². The molecule has 0 aromatic rings. The first-order valence-corrected chi connectivity index (χ1v) is 5.96. The van der Waals surface area contributed by atoms with Gasteiger partial charge in [0.2, 0.25) is 5.91 Å². The molecule has 96 valence electrons. The highest BCUT2D eigenvalue weighted by atomic mass is 32.1. The van der Waals surface area contributed by atoms with Gasteiger partial charge in [0.05, 0.1) is 19.8 Å². The fourth-order valence-corrected chi connectivity index (χ4v) is 1.13. The molecule has 0 radical (unpaired) electrons. The van der Waals surface area contributed by atoms with Gasteiger partial charge in [-0.15, -0.1) is 0 Å². The molecule has 0 aromatic heterocycles. The highest BCUT2D eigenvalue weighted by Gasteiger charge is 2.13. The molecular formula is C11H23NO3S. The van der Waals surface area contributed by atoms with Gasteiger partial charge < -0.3 is 14.8 Å². The fourth-order valence-electron chi connectivity index (χ4n) is 1.01. The molecule has 0 saturated heterocycles. The average molecular weight is 249 g/mol. The Kier molecular flexibility index (Phi) is 8.70. The highest BCUT2D eigenvalue weighted by Crippen LogP contribution is 2.18. The van der Waals surface area contributed by atoms with Gasteiger partial charge in [0.15, 0.2) is 0 Å². The molecule has 0 rings (SSSR count). The average Bonchev–Trinajstić information content (AvgIpc) is 2.19. The summed E-state index contributed by atoms with van der Waals surface area (Å²) in [5, 5.41) is 2.79. The third kappa shape index (κ3) is 11.8. The Balaban J connectivity index is 3.31. The maximum atomic E-state index is 11.4. The third-order valence-electron chi connectivity index (χ3n) is 1.96. The summed E-state index contributed by atoms with van der Waals surface area (Å²) in [6, 6.07) is 0. The Morgan fingerprint density at radius 2 is 2.00 bits per heavy atom. The summed E-state index contributed by atoms with van der Waals surface area (Å²) in [6.07, 6.45) is 1.28. The van der Waals surface area contributed by atoms with E-state index in [1.54, 1.807) is 7.11 Å². The van der Waals surface area contributed by atoms with Crippen molar-refractivity contribution in [3.63, 3.8) is 0 Å². The Morgan fingerprint density at radius 3 is 2.56 bits per heavy atom. The molecule has 0 spiro atoms. The van der Waals surface area contributed by atoms with E-state index in [-0.39, 0.29) is 10.7 Å². The van der Waals surface area contributed by atoms with Crippen molar-refractivity contribution in [1.82, 2.24) is 5.32 Å². The topological polar surface area (TPSA) is 47.6 Å². The first kappa shape index (κ1) is 15.7. The van der Waals surface area contributed by atoms with E-state index in [4.69, 9.17) is 9.47 Å².